The minimum atomic E-state index is -1.19. The third-order valence-electron chi connectivity index (χ3n) is 1.98. The van der Waals surface area contributed by atoms with Crippen LogP contribution in [0, 0.1) is 0 Å². The third kappa shape index (κ3) is 10.0. The number of ether oxygens (including phenoxy) is 1. The molecule has 1 unspecified atom stereocenters. The molecule has 0 aliphatic rings. The Balaban J connectivity index is 3.75. The van der Waals surface area contributed by atoms with Gasteiger partial charge in [0.25, 0.3) is 0 Å². The van der Waals surface area contributed by atoms with E-state index in [1.165, 1.54) is 6.92 Å². The molecule has 110 valence electrons. The summed E-state index contributed by atoms with van der Waals surface area (Å²) in [4.78, 5) is 33.3. The van der Waals surface area contributed by atoms with E-state index >= 15 is 0 Å². The number of carbonyl (C=O) groups is 3. The summed E-state index contributed by atoms with van der Waals surface area (Å²) in [6.45, 7) is 6.45. The van der Waals surface area contributed by atoms with E-state index in [1.54, 1.807) is 20.8 Å². The number of alkyl carbamates (subject to hydrolysis) is 1. The topological polar surface area (TPSA) is 105 Å². The van der Waals surface area contributed by atoms with E-state index in [2.05, 4.69) is 10.6 Å². The van der Waals surface area contributed by atoms with Crippen LogP contribution in [0.2, 0.25) is 0 Å². The molecule has 3 N–H and O–H groups in total. The Hall–Kier alpha value is -1.63. The molecule has 0 aliphatic heterocycles. The van der Waals surface area contributed by atoms with Gasteiger partial charge in [-0.05, 0) is 27.7 Å². The van der Waals surface area contributed by atoms with Crippen LogP contribution in [0.25, 0.3) is 0 Å². The Morgan fingerprint density at radius 3 is 2.26 bits per heavy atom. The first-order valence-electron chi connectivity index (χ1n) is 6.04. The smallest absolute Gasteiger partial charge is 0.407 e. The summed E-state index contributed by atoms with van der Waals surface area (Å²) in [5, 5.41) is 14.0. The number of hydrogen-bond donors (Lipinski definition) is 3. The average Bonchev–Trinajstić information content (AvgIpc) is 2.23. The molecule has 0 aromatic rings. The quantitative estimate of drug-likeness (QED) is 0.630. The molecule has 7 heteroatoms. The predicted octanol–water partition coefficient (Wildman–Crippen LogP) is -0.0327. The van der Waals surface area contributed by atoms with Gasteiger partial charge in [-0.15, -0.1) is 0 Å². The summed E-state index contributed by atoms with van der Waals surface area (Å²) >= 11 is 0. The SMILES string of the molecule is CC(=O)C(O)CNC(=O)CCNC(=O)OC(C)(C)C. The number of carbonyl (C=O) groups excluding carboxylic acids is 3. The summed E-state index contributed by atoms with van der Waals surface area (Å²) in [5.41, 5.74) is -0.585. The van der Waals surface area contributed by atoms with Crippen LogP contribution in [0.4, 0.5) is 4.79 Å². The minimum Gasteiger partial charge on any atom is -0.444 e. The normalized spacial score (nSPS) is 12.5. The zero-order valence-corrected chi connectivity index (χ0v) is 11.8. The van der Waals surface area contributed by atoms with E-state index in [-0.39, 0.29) is 25.4 Å². The summed E-state index contributed by atoms with van der Waals surface area (Å²) in [6, 6.07) is 0. The number of nitrogens with one attached hydrogen (secondary N) is 2. The van der Waals surface area contributed by atoms with E-state index in [0.29, 0.717) is 0 Å². The molecule has 7 nitrogen and oxygen atoms in total. The molecule has 0 saturated carbocycles. The van der Waals surface area contributed by atoms with Crippen molar-refractivity contribution >= 4 is 17.8 Å². The maximum atomic E-state index is 11.3. The maximum absolute atomic E-state index is 11.3. The van der Waals surface area contributed by atoms with Crippen LogP contribution in [0.5, 0.6) is 0 Å². The van der Waals surface area contributed by atoms with Gasteiger partial charge in [-0.2, -0.15) is 0 Å². The Labute approximate surface area is 112 Å². The third-order valence-corrected chi connectivity index (χ3v) is 1.98. The fourth-order valence-electron chi connectivity index (χ4n) is 1.03. The van der Waals surface area contributed by atoms with E-state index in [1.807, 2.05) is 0 Å². The van der Waals surface area contributed by atoms with Gasteiger partial charge in [-0.25, -0.2) is 4.79 Å². The first kappa shape index (κ1) is 17.4. The highest BCUT2D eigenvalue weighted by atomic mass is 16.6. The lowest BCUT2D eigenvalue weighted by molar-refractivity contribution is -0.126. The summed E-state index contributed by atoms with van der Waals surface area (Å²) in [6.07, 6.45) is -1.74. The van der Waals surface area contributed by atoms with Gasteiger partial charge in [0.15, 0.2) is 5.78 Å². The lowest BCUT2D eigenvalue weighted by Gasteiger charge is -2.19. The monoisotopic (exact) mass is 274 g/mol. The van der Waals surface area contributed by atoms with Crippen molar-refractivity contribution in [2.75, 3.05) is 13.1 Å². The van der Waals surface area contributed by atoms with Crippen LogP contribution in [0.15, 0.2) is 0 Å². The highest BCUT2D eigenvalue weighted by Crippen LogP contribution is 2.06. The summed E-state index contributed by atoms with van der Waals surface area (Å²) in [7, 11) is 0. The number of aliphatic hydroxyl groups is 1. The van der Waals surface area contributed by atoms with E-state index in [0.717, 1.165) is 0 Å². The molecule has 0 aromatic carbocycles. The van der Waals surface area contributed by atoms with Crippen molar-refractivity contribution < 1.29 is 24.2 Å². The Morgan fingerprint density at radius 1 is 1.21 bits per heavy atom. The van der Waals surface area contributed by atoms with Gasteiger partial charge >= 0.3 is 6.09 Å². The van der Waals surface area contributed by atoms with Crippen molar-refractivity contribution in [2.24, 2.45) is 0 Å². The summed E-state index contributed by atoms with van der Waals surface area (Å²) < 4.78 is 4.98. The molecule has 1 atom stereocenters. The second-order valence-corrected chi connectivity index (χ2v) is 5.11. The fraction of sp³-hybridized carbons (Fsp3) is 0.750. The summed E-state index contributed by atoms with van der Waals surface area (Å²) in [5.74, 6) is -0.775. The average molecular weight is 274 g/mol. The zero-order valence-electron chi connectivity index (χ0n) is 11.8. The van der Waals surface area contributed by atoms with Crippen molar-refractivity contribution in [3.63, 3.8) is 0 Å². The lowest BCUT2D eigenvalue weighted by Crippen LogP contribution is -2.38. The second kappa shape index (κ2) is 7.73. The maximum Gasteiger partial charge on any atom is 0.407 e. The van der Waals surface area contributed by atoms with Crippen LogP contribution >= 0.6 is 0 Å². The van der Waals surface area contributed by atoms with E-state index in [4.69, 9.17) is 9.84 Å². The molecule has 0 spiro atoms. The number of rotatable bonds is 6. The highest BCUT2D eigenvalue weighted by molar-refractivity contribution is 5.82. The molecule has 0 heterocycles. The van der Waals surface area contributed by atoms with Gasteiger partial charge < -0.3 is 20.5 Å². The first-order chi connectivity index (χ1) is 8.61. The standard InChI is InChI=1S/C12H22N2O5/c1-8(15)9(16)7-14-10(17)5-6-13-11(18)19-12(2,3)4/h9,16H,5-7H2,1-4H3,(H,13,18)(H,14,17). The Kier molecular flexibility index (Phi) is 7.06. The van der Waals surface area contributed by atoms with Gasteiger partial charge in [-0.1, -0.05) is 0 Å². The van der Waals surface area contributed by atoms with Crippen molar-refractivity contribution in [1.82, 2.24) is 10.6 Å². The van der Waals surface area contributed by atoms with Crippen LogP contribution in [0.3, 0.4) is 0 Å². The Bertz CT molecular complexity index is 336. The fourth-order valence-corrected chi connectivity index (χ4v) is 1.03. The molecule has 0 bridgehead atoms. The zero-order chi connectivity index (χ0) is 15.1. The first-order valence-corrected chi connectivity index (χ1v) is 6.04. The number of Topliss-reactive ketones (excluding diaryl/α,β-unsaturated/α-hetero) is 1. The second-order valence-electron chi connectivity index (χ2n) is 5.11. The van der Waals surface area contributed by atoms with Crippen LogP contribution in [-0.2, 0) is 14.3 Å². The highest BCUT2D eigenvalue weighted by Gasteiger charge is 2.16. The van der Waals surface area contributed by atoms with Crippen molar-refractivity contribution in [2.45, 2.75) is 45.8 Å². The van der Waals surface area contributed by atoms with Crippen molar-refractivity contribution in [3.05, 3.63) is 0 Å². The lowest BCUT2D eigenvalue weighted by atomic mass is 10.2. The van der Waals surface area contributed by atoms with Crippen molar-refractivity contribution in [1.29, 1.82) is 0 Å². The minimum absolute atomic E-state index is 0.0455. The van der Waals surface area contributed by atoms with Crippen molar-refractivity contribution in [3.8, 4) is 0 Å². The molecule has 0 aromatic heterocycles. The van der Waals surface area contributed by atoms with Gasteiger partial charge in [0.2, 0.25) is 5.91 Å². The molecule has 0 saturated heterocycles. The van der Waals surface area contributed by atoms with E-state index in [9.17, 15) is 14.4 Å². The van der Waals surface area contributed by atoms with Gasteiger partial charge in [0, 0.05) is 13.0 Å². The molecule has 19 heavy (non-hydrogen) atoms. The van der Waals surface area contributed by atoms with Gasteiger partial charge in [0.1, 0.15) is 11.7 Å². The molecule has 0 rings (SSSR count). The van der Waals surface area contributed by atoms with Crippen LogP contribution in [0.1, 0.15) is 34.1 Å². The molecule has 0 aliphatic carbocycles. The molecular formula is C12H22N2O5. The van der Waals surface area contributed by atoms with Crippen LogP contribution < -0.4 is 10.6 Å². The van der Waals surface area contributed by atoms with Crippen LogP contribution in [-0.4, -0.2) is 47.7 Å². The Morgan fingerprint density at radius 2 is 1.79 bits per heavy atom. The van der Waals surface area contributed by atoms with Gasteiger partial charge in [0.05, 0.1) is 6.54 Å². The molecular weight excluding hydrogens is 252 g/mol. The number of amides is 2. The number of aliphatic hydroxyl groups excluding tert-OH is 1. The molecule has 0 radical (unpaired) electrons. The molecule has 2 amide bonds. The van der Waals surface area contributed by atoms with Gasteiger partial charge in [-0.3, -0.25) is 9.59 Å². The number of hydrogen-bond acceptors (Lipinski definition) is 5. The number of ketones is 1. The largest absolute Gasteiger partial charge is 0.444 e. The molecule has 0 fully saturated rings. The van der Waals surface area contributed by atoms with E-state index < -0.39 is 23.6 Å². The predicted molar refractivity (Wildman–Crippen MR) is 68.6 cm³/mol.